The summed E-state index contributed by atoms with van der Waals surface area (Å²) in [5, 5.41) is 2.96. The molecule has 0 spiro atoms. The minimum atomic E-state index is -0.570. The van der Waals surface area contributed by atoms with Crippen molar-refractivity contribution in [3.05, 3.63) is 53.6 Å². The Morgan fingerprint density at radius 1 is 1.12 bits per heavy atom. The number of para-hydroxylation sites is 1. The lowest BCUT2D eigenvalue weighted by atomic mass is 10.0. The van der Waals surface area contributed by atoms with Crippen LogP contribution in [0.1, 0.15) is 37.8 Å². The highest BCUT2D eigenvalue weighted by molar-refractivity contribution is 7.98. The SMILES string of the molecule is CSc1ccccc1NC(=O)[C@@H](C)Oc1cc(C)ccc1C(C)C. The molecule has 0 heterocycles. The largest absolute Gasteiger partial charge is 0.481 e. The Kier molecular flexibility index (Phi) is 6.32. The van der Waals surface area contributed by atoms with Gasteiger partial charge in [-0.25, -0.2) is 0 Å². The number of anilines is 1. The third-order valence-corrected chi connectivity index (χ3v) is 4.62. The molecule has 0 aromatic heterocycles. The molecule has 0 saturated heterocycles. The van der Waals surface area contributed by atoms with E-state index in [2.05, 4.69) is 31.3 Å². The molecule has 0 aliphatic rings. The molecule has 0 aliphatic carbocycles. The van der Waals surface area contributed by atoms with Gasteiger partial charge in [-0.15, -0.1) is 11.8 Å². The van der Waals surface area contributed by atoms with Crippen molar-refractivity contribution >= 4 is 23.4 Å². The van der Waals surface area contributed by atoms with Gasteiger partial charge in [0.25, 0.3) is 5.91 Å². The van der Waals surface area contributed by atoms with Crippen LogP contribution in [-0.2, 0) is 4.79 Å². The fraction of sp³-hybridized carbons (Fsp3) is 0.350. The normalized spacial score (nSPS) is 12.1. The molecule has 3 nitrogen and oxygen atoms in total. The van der Waals surface area contributed by atoms with Gasteiger partial charge in [0.05, 0.1) is 5.69 Å². The Morgan fingerprint density at radius 2 is 1.83 bits per heavy atom. The van der Waals surface area contributed by atoms with E-state index in [4.69, 9.17) is 4.74 Å². The quantitative estimate of drug-likeness (QED) is 0.728. The third-order valence-electron chi connectivity index (χ3n) is 3.83. The van der Waals surface area contributed by atoms with E-state index in [0.717, 1.165) is 27.5 Å². The zero-order valence-corrected chi connectivity index (χ0v) is 15.7. The minimum absolute atomic E-state index is 0.146. The summed E-state index contributed by atoms with van der Waals surface area (Å²) in [4.78, 5) is 13.5. The fourth-order valence-electron chi connectivity index (χ4n) is 2.45. The number of benzene rings is 2. The van der Waals surface area contributed by atoms with Crippen LogP contribution in [0.3, 0.4) is 0 Å². The first kappa shape index (κ1) is 18.4. The zero-order chi connectivity index (χ0) is 17.7. The molecular formula is C20H25NO2S. The van der Waals surface area contributed by atoms with Gasteiger partial charge in [-0.2, -0.15) is 0 Å². The van der Waals surface area contributed by atoms with Crippen LogP contribution in [0.5, 0.6) is 5.75 Å². The number of aryl methyl sites for hydroxylation is 1. The van der Waals surface area contributed by atoms with Crippen LogP contribution in [0.4, 0.5) is 5.69 Å². The van der Waals surface area contributed by atoms with E-state index in [1.165, 1.54) is 0 Å². The van der Waals surface area contributed by atoms with Crippen LogP contribution in [0.15, 0.2) is 47.4 Å². The van der Waals surface area contributed by atoms with Crippen molar-refractivity contribution in [2.24, 2.45) is 0 Å². The van der Waals surface area contributed by atoms with Gasteiger partial charge in [0, 0.05) is 4.90 Å². The van der Waals surface area contributed by atoms with E-state index >= 15 is 0 Å². The summed E-state index contributed by atoms with van der Waals surface area (Å²) in [5.41, 5.74) is 3.05. The summed E-state index contributed by atoms with van der Waals surface area (Å²) in [6, 6.07) is 13.9. The molecule has 0 fully saturated rings. The smallest absolute Gasteiger partial charge is 0.265 e. The molecule has 1 atom stereocenters. The van der Waals surface area contributed by atoms with Crippen LogP contribution in [-0.4, -0.2) is 18.3 Å². The molecule has 24 heavy (non-hydrogen) atoms. The lowest BCUT2D eigenvalue weighted by Crippen LogP contribution is -2.30. The van der Waals surface area contributed by atoms with Gasteiger partial charge in [0.15, 0.2) is 6.10 Å². The molecule has 2 aromatic rings. The number of carbonyl (C=O) groups is 1. The Balaban J connectivity index is 2.13. The number of thioether (sulfide) groups is 1. The number of amides is 1. The van der Waals surface area contributed by atoms with Crippen LogP contribution in [0, 0.1) is 6.92 Å². The number of nitrogens with one attached hydrogen (secondary N) is 1. The molecule has 0 aliphatic heterocycles. The average Bonchev–Trinajstić information content (AvgIpc) is 2.55. The van der Waals surface area contributed by atoms with Gasteiger partial charge in [0.2, 0.25) is 0 Å². The maximum atomic E-state index is 12.5. The Labute approximate surface area is 148 Å². The van der Waals surface area contributed by atoms with Crippen LogP contribution < -0.4 is 10.1 Å². The summed E-state index contributed by atoms with van der Waals surface area (Å²) in [7, 11) is 0. The van der Waals surface area contributed by atoms with E-state index in [1.54, 1.807) is 18.7 Å². The van der Waals surface area contributed by atoms with Gasteiger partial charge in [-0.3, -0.25) is 4.79 Å². The van der Waals surface area contributed by atoms with E-state index in [1.807, 2.05) is 43.5 Å². The first-order chi connectivity index (χ1) is 11.4. The summed E-state index contributed by atoms with van der Waals surface area (Å²) in [6.07, 6.45) is 1.42. The molecule has 0 saturated carbocycles. The van der Waals surface area contributed by atoms with Crippen molar-refractivity contribution in [3.63, 3.8) is 0 Å². The second kappa shape index (κ2) is 8.25. The fourth-order valence-corrected chi connectivity index (χ4v) is 3.00. The highest BCUT2D eigenvalue weighted by Gasteiger charge is 2.18. The van der Waals surface area contributed by atoms with Gasteiger partial charge in [0.1, 0.15) is 5.75 Å². The number of carbonyl (C=O) groups excluding carboxylic acids is 1. The average molecular weight is 343 g/mol. The topological polar surface area (TPSA) is 38.3 Å². The minimum Gasteiger partial charge on any atom is -0.481 e. The Morgan fingerprint density at radius 3 is 2.50 bits per heavy atom. The molecule has 0 unspecified atom stereocenters. The second-order valence-electron chi connectivity index (χ2n) is 6.15. The second-order valence-corrected chi connectivity index (χ2v) is 6.99. The van der Waals surface area contributed by atoms with Gasteiger partial charge < -0.3 is 10.1 Å². The lowest BCUT2D eigenvalue weighted by Gasteiger charge is -2.20. The van der Waals surface area contributed by atoms with Crippen molar-refractivity contribution in [3.8, 4) is 5.75 Å². The number of rotatable bonds is 6. The molecule has 1 amide bonds. The highest BCUT2D eigenvalue weighted by atomic mass is 32.2. The first-order valence-corrected chi connectivity index (χ1v) is 9.36. The first-order valence-electron chi connectivity index (χ1n) is 8.13. The van der Waals surface area contributed by atoms with Gasteiger partial charge in [-0.05, 0) is 55.3 Å². The number of hydrogen-bond donors (Lipinski definition) is 1. The predicted octanol–water partition coefficient (Wildman–Crippen LogP) is 5.25. The molecular weight excluding hydrogens is 318 g/mol. The molecule has 4 heteroatoms. The molecule has 128 valence electrons. The third kappa shape index (κ3) is 4.54. The standard InChI is InChI=1S/C20H25NO2S/c1-13(2)16-11-10-14(3)12-18(16)23-15(4)20(22)21-17-8-6-7-9-19(17)24-5/h6-13,15H,1-5H3,(H,21,22)/t15-/m1/s1. The van der Waals surface area contributed by atoms with E-state index in [0.29, 0.717) is 5.92 Å². The molecule has 2 rings (SSSR count). The van der Waals surface area contributed by atoms with Crippen LogP contribution in [0.2, 0.25) is 0 Å². The van der Waals surface area contributed by atoms with Crippen molar-refractivity contribution < 1.29 is 9.53 Å². The maximum Gasteiger partial charge on any atom is 0.265 e. The van der Waals surface area contributed by atoms with Gasteiger partial charge >= 0.3 is 0 Å². The number of ether oxygens (including phenoxy) is 1. The van der Waals surface area contributed by atoms with Crippen molar-refractivity contribution in [2.75, 3.05) is 11.6 Å². The van der Waals surface area contributed by atoms with Crippen molar-refractivity contribution in [1.29, 1.82) is 0 Å². The van der Waals surface area contributed by atoms with E-state index in [-0.39, 0.29) is 5.91 Å². The van der Waals surface area contributed by atoms with Crippen molar-refractivity contribution in [1.82, 2.24) is 0 Å². The maximum absolute atomic E-state index is 12.5. The van der Waals surface area contributed by atoms with Crippen LogP contribution in [0.25, 0.3) is 0 Å². The van der Waals surface area contributed by atoms with Crippen molar-refractivity contribution in [2.45, 2.75) is 44.6 Å². The Hall–Kier alpha value is -1.94. The molecule has 0 bridgehead atoms. The molecule has 0 radical (unpaired) electrons. The summed E-state index contributed by atoms with van der Waals surface area (Å²) in [6.45, 7) is 8.05. The van der Waals surface area contributed by atoms with E-state index in [9.17, 15) is 4.79 Å². The van der Waals surface area contributed by atoms with E-state index < -0.39 is 6.10 Å². The highest BCUT2D eigenvalue weighted by Crippen LogP contribution is 2.29. The monoisotopic (exact) mass is 343 g/mol. The zero-order valence-electron chi connectivity index (χ0n) is 14.9. The van der Waals surface area contributed by atoms with Gasteiger partial charge in [-0.1, -0.05) is 38.1 Å². The Bertz CT molecular complexity index is 713. The lowest BCUT2D eigenvalue weighted by molar-refractivity contribution is -0.122. The summed E-state index contributed by atoms with van der Waals surface area (Å²) in [5.74, 6) is 0.978. The summed E-state index contributed by atoms with van der Waals surface area (Å²) >= 11 is 1.61. The van der Waals surface area contributed by atoms with Crippen LogP contribution >= 0.6 is 11.8 Å². The predicted molar refractivity (Wildman–Crippen MR) is 102 cm³/mol. The molecule has 1 N–H and O–H groups in total. The summed E-state index contributed by atoms with van der Waals surface area (Å²) < 4.78 is 5.98. The molecule has 2 aromatic carbocycles. The number of hydrogen-bond acceptors (Lipinski definition) is 3.